The Labute approximate surface area is 97.4 Å². The van der Waals surface area contributed by atoms with E-state index in [9.17, 15) is 0 Å². The first-order chi connectivity index (χ1) is 6.76. The summed E-state index contributed by atoms with van der Waals surface area (Å²) in [7, 11) is 2.31. The Hall–Kier alpha value is 0.660. The van der Waals surface area contributed by atoms with Crippen LogP contribution in [0.25, 0.3) is 0 Å². The summed E-state index contributed by atoms with van der Waals surface area (Å²) in [6.07, 6.45) is 5.62. The first kappa shape index (κ1) is 11.2. The van der Waals surface area contributed by atoms with E-state index in [2.05, 4.69) is 36.3 Å². The van der Waals surface area contributed by atoms with Gasteiger partial charge in [0.25, 0.3) is 0 Å². The van der Waals surface area contributed by atoms with E-state index in [1.165, 1.54) is 43.7 Å². The van der Waals surface area contributed by atoms with Gasteiger partial charge in [-0.3, -0.25) is 0 Å². The minimum atomic E-state index is 0.575. The molecule has 0 aromatic rings. The third-order valence-corrected chi connectivity index (χ3v) is 5.68. The van der Waals surface area contributed by atoms with Gasteiger partial charge in [0.2, 0.25) is 0 Å². The zero-order chi connectivity index (χ0) is 10.0. The van der Waals surface area contributed by atoms with Gasteiger partial charge in [-0.2, -0.15) is 24.4 Å². The third kappa shape index (κ3) is 2.25. The second-order valence-electron chi connectivity index (χ2n) is 4.94. The third-order valence-electron chi connectivity index (χ3n) is 3.86. The van der Waals surface area contributed by atoms with Gasteiger partial charge in [-0.15, -0.1) is 0 Å². The first-order valence-corrected chi connectivity index (χ1v) is 7.43. The van der Waals surface area contributed by atoms with Crippen molar-refractivity contribution in [3.8, 4) is 0 Å². The van der Waals surface area contributed by atoms with Gasteiger partial charge < -0.3 is 4.90 Å². The number of thiol groups is 1. The van der Waals surface area contributed by atoms with Gasteiger partial charge >= 0.3 is 0 Å². The molecule has 14 heavy (non-hydrogen) atoms. The van der Waals surface area contributed by atoms with E-state index in [4.69, 9.17) is 0 Å². The van der Waals surface area contributed by atoms with Crippen molar-refractivity contribution in [3.05, 3.63) is 0 Å². The maximum Gasteiger partial charge on any atom is 0.0191 e. The number of thioether (sulfide) groups is 1. The van der Waals surface area contributed by atoms with Crippen LogP contribution in [-0.2, 0) is 0 Å². The van der Waals surface area contributed by atoms with Crippen LogP contribution in [0.15, 0.2) is 0 Å². The van der Waals surface area contributed by atoms with E-state index >= 15 is 0 Å². The number of rotatable bonds is 4. The van der Waals surface area contributed by atoms with E-state index in [0.29, 0.717) is 5.41 Å². The summed E-state index contributed by atoms with van der Waals surface area (Å²) in [4.78, 5) is 2.59. The molecule has 1 unspecified atom stereocenters. The molecule has 1 aliphatic heterocycles. The lowest BCUT2D eigenvalue weighted by molar-refractivity contribution is 0.0872. The summed E-state index contributed by atoms with van der Waals surface area (Å²) in [6.45, 7) is 1.28. The smallest absolute Gasteiger partial charge is 0.0191 e. The first-order valence-electron chi connectivity index (χ1n) is 5.65. The maximum atomic E-state index is 4.52. The van der Waals surface area contributed by atoms with E-state index in [1.807, 2.05) is 0 Å². The van der Waals surface area contributed by atoms with Crippen LogP contribution in [0, 0.1) is 5.41 Å². The molecule has 0 bridgehead atoms. The largest absolute Gasteiger partial charge is 0.302 e. The zero-order valence-corrected chi connectivity index (χ0v) is 10.7. The van der Waals surface area contributed by atoms with Crippen LogP contribution in [0.1, 0.15) is 25.7 Å². The molecule has 0 aromatic heterocycles. The molecule has 1 nitrogen and oxygen atoms in total. The summed E-state index contributed by atoms with van der Waals surface area (Å²) in [5.41, 5.74) is 0.575. The van der Waals surface area contributed by atoms with Gasteiger partial charge in [0.05, 0.1) is 0 Å². The molecular formula is C11H21NS2. The molecule has 3 heteroatoms. The van der Waals surface area contributed by atoms with Gasteiger partial charge in [-0.25, -0.2) is 0 Å². The number of nitrogens with zero attached hydrogens (tertiary/aromatic N) is 1. The normalized spacial score (nSPS) is 30.6. The summed E-state index contributed by atoms with van der Waals surface area (Å²) >= 11 is 6.63. The van der Waals surface area contributed by atoms with E-state index < -0.39 is 0 Å². The lowest BCUT2D eigenvalue weighted by atomic mass is 9.70. The summed E-state index contributed by atoms with van der Waals surface area (Å²) < 4.78 is 0. The second kappa shape index (κ2) is 4.67. The van der Waals surface area contributed by atoms with E-state index in [-0.39, 0.29) is 0 Å². The van der Waals surface area contributed by atoms with Crippen LogP contribution in [0.2, 0.25) is 0 Å². The quantitative estimate of drug-likeness (QED) is 0.741. The zero-order valence-electron chi connectivity index (χ0n) is 9.04. The average molecular weight is 231 g/mol. The molecule has 0 N–H and O–H groups in total. The lowest BCUT2D eigenvalue weighted by Crippen LogP contribution is -2.45. The van der Waals surface area contributed by atoms with E-state index in [0.717, 1.165) is 11.8 Å². The standard InChI is InChI=1S/C11H21NS2/c1-12(10-3-6-14-7-10)8-11(9-13)4-2-5-11/h10,13H,2-9H2,1H3. The van der Waals surface area contributed by atoms with Gasteiger partial charge in [-0.05, 0) is 43.2 Å². The molecule has 2 fully saturated rings. The SMILES string of the molecule is CN(CC1(CS)CCC1)C1CCSC1. The van der Waals surface area contributed by atoms with Crippen LogP contribution < -0.4 is 0 Å². The van der Waals surface area contributed by atoms with Gasteiger partial charge in [-0.1, -0.05) is 6.42 Å². The van der Waals surface area contributed by atoms with Crippen molar-refractivity contribution in [1.82, 2.24) is 4.90 Å². The molecule has 0 radical (unpaired) electrons. The highest BCUT2D eigenvalue weighted by Gasteiger charge is 2.37. The van der Waals surface area contributed by atoms with Crippen molar-refractivity contribution in [3.63, 3.8) is 0 Å². The summed E-state index contributed by atoms with van der Waals surface area (Å²) in [5, 5.41) is 0. The fraction of sp³-hybridized carbons (Fsp3) is 1.00. The van der Waals surface area contributed by atoms with Crippen LogP contribution in [-0.4, -0.2) is 41.8 Å². The van der Waals surface area contributed by atoms with Crippen molar-refractivity contribution >= 4 is 24.4 Å². The molecule has 1 aliphatic carbocycles. The molecule has 1 atom stereocenters. The molecule has 1 saturated heterocycles. The Morgan fingerprint density at radius 2 is 2.29 bits per heavy atom. The van der Waals surface area contributed by atoms with Crippen LogP contribution in [0.4, 0.5) is 0 Å². The molecule has 0 spiro atoms. The molecule has 0 amide bonds. The van der Waals surface area contributed by atoms with Gasteiger partial charge in [0.15, 0.2) is 0 Å². The van der Waals surface area contributed by atoms with Crippen LogP contribution >= 0.6 is 24.4 Å². The van der Waals surface area contributed by atoms with Crippen molar-refractivity contribution in [1.29, 1.82) is 0 Å². The summed E-state index contributed by atoms with van der Waals surface area (Å²) in [5.74, 6) is 3.79. The monoisotopic (exact) mass is 231 g/mol. The lowest BCUT2D eigenvalue weighted by Gasteiger charge is -2.44. The Bertz CT molecular complexity index is 180. The van der Waals surface area contributed by atoms with Crippen LogP contribution in [0.3, 0.4) is 0 Å². The predicted molar refractivity (Wildman–Crippen MR) is 68.5 cm³/mol. The molecular weight excluding hydrogens is 210 g/mol. The highest BCUT2D eigenvalue weighted by atomic mass is 32.2. The van der Waals surface area contributed by atoms with Gasteiger partial charge in [0, 0.05) is 18.3 Å². The topological polar surface area (TPSA) is 3.24 Å². The molecule has 1 saturated carbocycles. The Morgan fingerprint density at radius 1 is 1.50 bits per heavy atom. The Balaban J connectivity index is 1.83. The molecule has 0 aromatic carbocycles. The molecule has 82 valence electrons. The number of hydrogen-bond acceptors (Lipinski definition) is 3. The summed E-state index contributed by atoms with van der Waals surface area (Å²) in [6, 6.07) is 0.845. The highest BCUT2D eigenvalue weighted by Crippen LogP contribution is 2.42. The molecule has 2 rings (SSSR count). The van der Waals surface area contributed by atoms with Crippen molar-refractivity contribution in [2.75, 3.05) is 30.9 Å². The highest BCUT2D eigenvalue weighted by molar-refractivity contribution is 7.99. The minimum Gasteiger partial charge on any atom is -0.302 e. The van der Waals surface area contributed by atoms with Crippen LogP contribution in [0.5, 0.6) is 0 Å². The maximum absolute atomic E-state index is 4.52. The average Bonchev–Trinajstić information content (AvgIpc) is 2.63. The van der Waals surface area contributed by atoms with Gasteiger partial charge in [0.1, 0.15) is 0 Å². The molecule has 2 aliphatic rings. The predicted octanol–water partition coefficient (Wildman–Crippen LogP) is 2.52. The van der Waals surface area contributed by atoms with Crippen molar-refractivity contribution in [2.24, 2.45) is 5.41 Å². The Kier molecular flexibility index (Phi) is 3.72. The second-order valence-corrected chi connectivity index (χ2v) is 6.41. The number of hydrogen-bond donors (Lipinski definition) is 1. The van der Waals surface area contributed by atoms with Crippen molar-refractivity contribution in [2.45, 2.75) is 31.7 Å². The fourth-order valence-corrected chi connectivity index (χ4v) is 4.29. The van der Waals surface area contributed by atoms with E-state index in [1.54, 1.807) is 0 Å². The fourth-order valence-electron chi connectivity index (χ4n) is 2.57. The Morgan fingerprint density at radius 3 is 2.71 bits per heavy atom. The van der Waals surface area contributed by atoms with Crippen molar-refractivity contribution < 1.29 is 0 Å². The minimum absolute atomic E-state index is 0.575. The molecule has 1 heterocycles.